The van der Waals surface area contributed by atoms with Gasteiger partial charge in [0.1, 0.15) is 11.6 Å². The highest BCUT2D eigenvalue weighted by Crippen LogP contribution is 2.25. The van der Waals surface area contributed by atoms with Gasteiger partial charge in [0, 0.05) is 21.2 Å². The van der Waals surface area contributed by atoms with Crippen LogP contribution < -0.4 is 5.43 Å². The van der Waals surface area contributed by atoms with Crippen LogP contribution in [0.3, 0.4) is 0 Å². The van der Waals surface area contributed by atoms with E-state index in [9.17, 15) is 9.50 Å². The lowest BCUT2D eigenvalue weighted by Gasteiger charge is -2.08. The first-order chi connectivity index (χ1) is 14.6. The van der Waals surface area contributed by atoms with Gasteiger partial charge in [0.15, 0.2) is 0 Å². The molecular formula is C23H16BrFN4O. The third-order valence-electron chi connectivity index (χ3n) is 4.29. The fourth-order valence-corrected chi connectivity index (χ4v) is 3.19. The van der Waals surface area contributed by atoms with Crippen molar-refractivity contribution in [3.05, 3.63) is 94.7 Å². The highest BCUT2D eigenvalue weighted by atomic mass is 79.9. The van der Waals surface area contributed by atoms with Crippen molar-refractivity contribution in [3.63, 3.8) is 0 Å². The van der Waals surface area contributed by atoms with E-state index >= 15 is 0 Å². The molecule has 3 aromatic carbocycles. The number of anilines is 1. The fourth-order valence-electron chi connectivity index (χ4n) is 2.81. The van der Waals surface area contributed by atoms with Gasteiger partial charge in [-0.25, -0.2) is 19.8 Å². The number of hydrogen-bond donors (Lipinski definition) is 2. The molecule has 4 aromatic rings. The van der Waals surface area contributed by atoms with Crippen molar-refractivity contribution in [1.29, 1.82) is 0 Å². The number of aromatic hydroxyl groups is 1. The number of halogens is 2. The van der Waals surface area contributed by atoms with Crippen LogP contribution >= 0.6 is 15.9 Å². The molecule has 0 spiro atoms. The molecule has 4 rings (SSSR count). The molecule has 148 valence electrons. The van der Waals surface area contributed by atoms with E-state index in [-0.39, 0.29) is 17.5 Å². The summed E-state index contributed by atoms with van der Waals surface area (Å²) in [5.74, 6) is 0.0731. The number of phenolic OH excluding ortho intramolecular Hbond substituents is 1. The van der Waals surface area contributed by atoms with Crippen molar-refractivity contribution in [1.82, 2.24) is 9.97 Å². The predicted molar refractivity (Wildman–Crippen MR) is 120 cm³/mol. The summed E-state index contributed by atoms with van der Waals surface area (Å²) in [6.07, 6.45) is 1.48. The van der Waals surface area contributed by atoms with Gasteiger partial charge in [-0.3, -0.25) is 0 Å². The van der Waals surface area contributed by atoms with E-state index in [1.807, 2.05) is 36.4 Å². The Morgan fingerprint density at radius 1 is 0.867 bits per heavy atom. The smallest absolute Gasteiger partial charge is 0.244 e. The van der Waals surface area contributed by atoms with Crippen LogP contribution in [-0.2, 0) is 0 Å². The largest absolute Gasteiger partial charge is 0.507 e. The minimum absolute atomic E-state index is 0.106. The lowest BCUT2D eigenvalue weighted by atomic mass is 10.1. The average molecular weight is 463 g/mol. The minimum atomic E-state index is -0.312. The number of aromatic nitrogens is 2. The van der Waals surface area contributed by atoms with Crippen molar-refractivity contribution in [3.8, 4) is 28.3 Å². The molecule has 0 fully saturated rings. The van der Waals surface area contributed by atoms with Gasteiger partial charge in [-0.15, -0.1) is 0 Å². The van der Waals surface area contributed by atoms with E-state index in [1.54, 1.807) is 30.3 Å². The highest BCUT2D eigenvalue weighted by Gasteiger charge is 2.09. The summed E-state index contributed by atoms with van der Waals surface area (Å²) in [5.41, 5.74) is 6.36. The molecule has 1 aromatic heterocycles. The zero-order valence-electron chi connectivity index (χ0n) is 15.6. The van der Waals surface area contributed by atoms with Crippen LogP contribution in [0.2, 0.25) is 0 Å². The van der Waals surface area contributed by atoms with Gasteiger partial charge in [0.2, 0.25) is 5.95 Å². The number of hydrazone groups is 1. The first-order valence-corrected chi connectivity index (χ1v) is 9.86. The minimum Gasteiger partial charge on any atom is -0.507 e. The quantitative estimate of drug-likeness (QED) is 0.287. The summed E-state index contributed by atoms with van der Waals surface area (Å²) in [5, 5.41) is 14.1. The van der Waals surface area contributed by atoms with Crippen molar-refractivity contribution in [2.75, 3.05) is 5.43 Å². The van der Waals surface area contributed by atoms with Crippen LogP contribution in [0.5, 0.6) is 5.75 Å². The van der Waals surface area contributed by atoms with E-state index < -0.39 is 0 Å². The molecule has 0 radical (unpaired) electrons. The molecule has 30 heavy (non-hydrogen) atoms. The number of phenols is 1. The zero-order valence-corrected chi connectivity index (χ0v) is 17.2. The summed E-state index contributed by atoms with van der Waals surface area (Å²) in [4.78, 5) is 9.04. The molecule has 2 N–H and O–H groups in total. The Morgan fingerprint density at radius 2 is 1.53 bits per heavy atom. The maximum Gasteiger partial charge on any atom is 0.244 e. The second-order valence-electron chi connectivity index (χ2n) is 6.41. The Balaban J connectivity index is 1.69. The topological polar surface area (TPSA) is 70.4 Å². The van der Waals surface area contributed by atoms with Crippen molar-refractivity contribution in [2.24, 2.45) is 5.10 Å². The molecule has 0 saturated carbocycles. The van der Waals surface area contributed by atoms with Gasteiger partial charge in [-0.2, -0.15) is 5.10 Å². The van der Waals surface area contributed by atoms with E-state index in [0.717, 1.165) is 15.6 Å². The molecule has 0 amide bonds. The second kappa shape index (κ2) is 8.84. The van der Waals surface area contributed by atoms with E-state index in [1.165, 1.54) is 18.3 Å². The lowest BCUT2D eigenvalue weighted by molar-refractivity contribution is 0.474. The van der Waals surface area contributed by atoms with Crippen molar-refractivity contribution >= 4 is 28.1 Å². The van der Waals surface area contributed by atoms with E-state index in [4.69, 9.17) is 0 Å². The molecule has 0 bridgehead atoms. The number of nitrogens with one attached hydrogen (secondary N) is 1. The number of nitrogens with zero attached hydrogens (tertiary/aromatic N) is 3. The normalized spacial score (nSPS) is 11.0. The van der Waals surface area contributed by atoms with Gasteiger partial charge in [-0.1, -0.05) is 46.3 Å². The summed E-state index contributed by atoms with van der Waals surface area (Å²) >= 11 is 3.36. The number of benzene rings is 3. The molecule has 0 aliphatic carbocycles. The summed E-state index contributed by atoms with van der Waals surface area (Å²) in [6.45, 7) is 0. The SMILES string of the molecule is Oc1ccc(Br)cc1C=NNc1nc(-c2ccccc2)cc(-c2ccc(F)cc2)n1. The molecule has 0 aliphatic heterocycles. The van der Waals surface area contributed by atoms with Crippen LogP contribution in [0, 0.1) is 5.82 Å². The second-order valence-corrected chi connectivity index (χ2v) is 7.32. The number of hydrogen-bond acceptors (Lipinski definition) is 5. The highest BCUT2D eigenvalue weighted by molar-refractivity contribution is 9.10. The van der Waals surface area contributed by atoms with Crippen molar-refractivity contribution in [2.45, 2.75) is 0 Å². The maximum absolute atomic E-state index is 13.3. The Labute approximate surface area is 181 Å². The predicted octanol–water partition coefficient (Wildman–Crippen LogP) is 5.86. The Morgan fingerprint density at radius 3 is 2.23 bits per heavy atom. The van der Waals surface area contributed by atoms with Crippen LogP contribution in [0.15, 0.2) is 88.4 Å². The maximum atomic E-state index is 13.3. The van der Waals surface area contributed by atoms with Gasteiger partial charge in [0.05, 0.1) is 17.6 Å². The van der Waals surface area contributed by atoms with Gasteiger partial charge < -0.3 is 5.11 Å². The Kier molecular flexibility index (Phi) is 5.81. The lowest BCUT2D eigenvalue weighted by Crippen LogP contribution is -2.00. The van der Waals surface area contributed by atoms with Gasteiger partial charge in [-0.05, 0) is 48.5 Å². The van der Waals surface area contributed by atoms with E-state index in [0.29, 0.717) is 17.0 Å². The molecule has 0 atom stereocenters. The third-order valence-corrected chi connectivity index (χ3v) is 4.79. The summed E-state index contributed by atoms with van der Waals surface area (Å²) < 4.78 is 14.1. The van der Waals surface area contributed by atoms with Crippen LogP contribution in [-0.4, -0.2) is 21.3 Å². The molecule has 5 nitrogen and oxygen atoms in total. The molecular weight excluding hydrogens is 447 g/mol. The Bertz CT molecular complexity index is 1200. The van der Waals surface area contributed by atoms with Crippen LogP contribution in [0.4, 0.5) is 10.3 Å². The van der Waals surface area contributed by atoms with Gasteiger partial charge in [0.25, 0.3) is 0 Å². The summed E-state index contributed by atoms with van der Waals surface area (Å²) in [6, 6.07) is 22.7. The average Bonchev–Trinajstić information content (AvgIpc) is 2.77. The van der Waals surface area contributed by atoms with E-state index in [2.05, 4.69) is 36.4 Å². The third kappa shape index (κ3) is 4.69. The molecule has 0 unspecified atom stereocenters. The zero-order chi connectivity index (χ0) is 20.9. The molecule has 7 heteroatoms. The first kappa shape index (κ1) is 19.7. The van der Waals surface area contributed by atoms with Crippen LogP contribution in [0.1, 0.15) is 5.56 Å². The molecule has 0 saturated heterocycles. The Hall–Kier alpha value is -3.58. The fraction of sp³-hybridized carbons (Fsp3) is 0. The summed E-state index contributed by atoms with van der Waals surface area (Å²) in [7, 11) is 0. The standard InChI is InChI=1S/C23H16BrFN4O/c24-18-8-11-22(30)17(12-18)14-26-29-23-27-20(15-4-2-1-3-5-15)13-21(28-23)16-6-9-19(25)10-7-16/h1-14,30H,(H,27,28,29). The van der Waals surface area contributed by atoms with Crippen molar-refractivity contribution < 1.29 is 9.50 Å². The number of rotatable bonds is 5. The first-order valence-electron chi connectivity index (χ1n) is 9.06. The van der Waals surface area contributed by atoms with Gasteiger partial charge >= 0.3 is 0 Å². The van der Waals surface area contributed by atoms with Crippen LogP contribution in [0.25, 0.3) is 22.5 Å². The molecule has 1 heterocycles. The molecule has 0 aliphatic rings. The monoisotopic (exact) mass is 462 g/mol.